The molecule has 0 saturated heterocycles. The van der Waals surface area contributed by atoms with E-state index < -0.39 is 11.5 Å². The highest BCUT2D eigenvalue weighted by Gasteiger charge is 2.28. The maximum Gasteiger partial charge on any atom is 0.338 e. The number of aliphatic hydroxyl groups excluding tert-OH is 1. The fourth-order valence-electron chi connectivity index (χ4n) is 2.22. The number of carbonyl (C=O) groups excluding carboxylic acids is 1. The third-order valence-corrected chi connectivity index (χ3v) is 3.85. The first-order valence-corrected chi connectivity index (χ1v) is 7.39. The van der Waals surface area contributed by atoms with Gasteiger partial charge in [-0.3, -0.25) is 0 Å². The summed E-state index contributed by atoms with van der Waals surface area (Å²) >= 11 is 0. The van der Waals surface area contributed by atoms with E-state index >= 15 is 0 Å². The van der Waals surface area contributed by atoms with Crippen LogP contribution in [0.4, 0.5) is 0 Å². The van der Waals surface area contributed by atoms with Gasteiger partial charge in [0.15, 0.2) is 0 Å². The molecule has 3 heteroatoms. The Hall–Kier alpha value is -2.13. The van der Waals surface area contributed by atoms with Crippen LogP contribution in [0.15, 0.2) is 55.1 Å². The monoisotopic (exact) mass is 298 g/mol. The fraction of sp³-hybridized carbons (Fsp3) is 0.316. The van der Waals surface area contributed by atoms with Crippen LogP contribution >= 0.6 is 0 Å². The quantitative estimate of drug-likeness (QED) is 0.648. The standard InChI is InChI=1S/C19H22O3/c1-4-7-17(20)19(2,3)13-22-18(21)16-11-10-14-8-5-6-9-15(14)12-16/h4-6,8-12,17,20H,1,7,13H2,2-3H3/t17-/m1/s1. The van der Waals surface area contributed by atoms with Gasteiger partial charge < -0.3 is 9.84 Å². The number of hydrogen-bond donors (Lipinski definition) is 1. The first kappa shape index (κ1) is 16.2. The van der Waals surface area contributed by atoms with Crippen LogP contribution in [0.1, 0.15) is 30.6 Å². The van der Waals surface area contributed by atoms with Crippen molar-refractivity contribution >= 4 is 16.7 Å². The van der Waals surface area contributed by atoms with Gasteiger partial charge in [0.2, 0.25) is 0 Å². The molecule has 0 heterocycles. The van der Waals surface area contributed by atoms with Crippen molar-refractivity contribution in [3.05, 3.63) is 60.7 Å². The number of fused-ring (bicyclic) bond motifs is 1. The molecule has 0 spiro atoms. The molecule has 0 radical (unpaired) electrons. The summed E-state index contributed by atoms with van der Waals surface area (Å²) in [6.07, 6.45) is 1.55. The van der Waals surface area contributed by atoms with Gasteiger partial charge in [-0.05, 0) is 29.3 Å². The highest BCUT2D eigenvalue weighted by Crippen LogP contribution is 2.24. The molecule has 0 saturated carbocycles. The molecular formula is C19H22O3. The Morgan fingerprint density at radius 1 is 1.27 bits per heavy atom. The lowest BCUT2D eigenvalue weighted by molar-refractivity contribution is -0.0115. The van der Waals surface area contributed by atoms with Crippen LogP contribution in [0.2, 0.25) is 0 Å². The first-order chi connectivity index (χ1) is 10.4. The van der Waals surface area contributed by atoms with E-state index in [-0.39, 0.29) is 12.6 Å². The predicted molar refractivity (Wildman–Crippen MR) is 88.8 cm³/mol. The Kier molecular flexibility index (Phi) is 4.99. The number of benzene rings is 2. The van der Waals surface area contributed by atoms with Gasteiger partial charge in [0, 0.05) is 5.41 Å². The van der Waals surface area contributed by atoms with Crippen molar-refractivity contribution in [2.75, 3.05) is 6.61 Å². The van der Waals surface area contributed by atoms with Crippen molar-refractivity contribution in [2.24, 2.45) is 5.41 Å². The fourth-order valence-corrected chi connectivity index (χ4v) is 2.22. The smallest absolute Gasteiger partial charge is 0.338 e. The summed E-state index contributed by atoms with van der Waals surface area (Å²) in [4.78, 5) is 12.2. The number of ether oxygens (including phenoxy) is 1. The molecule has 0 amide bonds. The Bertz CT molecular complexity index is 673. The van der Waals surface area contributed by atoms with Crippen molar-refractivity contribution in [3.63, 3.8) is 0 Å². The Balaban J connectivity index is 2.06. The van der Waals surface area contributed by atoms with E-state index in [1.54, 1.807) is 12.1 Å². The van der Waals surface area contributed by atoms with Gasteiger partial charge in [0.1, 0.15) is 0 Å². The van der Waals surface area contributed by atoms with Crippen molar-refractivity contribution in [3.8, 4) is 0 Å². The molecule has 2 rings (SSSR count). The van der Waals surface area contributed by atoms with Crippen LogP contribution < -0.4 is 0 Å². The average Bonchev–Trinajstić information content (AvgIpc) is 2.52. The summed E-state index contributed by atoms with van der Waals surface area (Å²) in [5, 5.41) is 12.1. The van der Waals surface area contributed by atoms with Crippen LogP contribution in [0.5, 0.6) is 0 Å². The van der Waals surface area contributed by atoms with Gasteiger partial charge in [-0.2, -0.15) is 0 Å². The van der Waals surface area contributed by atoms with Crippen LogP contribution in [-0.4, -0.2) is 23.8 Å². The summed E-state index contributed by atoms with van der Waals surface area (Å²) in [7, 11) is 0. The molecule has 2 aromatic carbocycles. The summed E-state index contributed by atoms with van der Waals surface area (Å²) in [6.45, 7) is 7.52. The Morgan fingerprint density at radius 3 is 2.64 bits per heavy atom. The molecule has 116 valence electrons. The molecule has 0 fully saturated rings. The molecule has 0 unspecified atom stereocenters. The number of rotatable bonds is 6. The molecule has 1 atom stereocenters. The van der Waals surface area contributed by atoms with E-state index in [1.165, 1.54) is 0 Å². The number of aliphatic hydroxyl groups is 1. The zero-order chi connectivity index (χ0) is 16.2. The zero-order valence-corrected chi connectivity index (χ0v) is 13.1. The molecule has 1 N–H and O–H groups in total. The first-order valence-electron chi connectivity index (χ1n) is 7.39. The summed E-state index contributed by atoms with van der Waals surface area (Å²) in [5.41, 5.74) is 0.00783. The molecule has 0 aliphatic rings. The minimum atomic E-state index is -0.589. The van der Waals surface area contributed by atoms with Crippen LogP contribution in [0, 0.1) is 5.41 Å². The van der Waals surface area contributed by atoms with Gasteiger partial charge in [0.25, 0.3) is 0 Å². The normalized spacial score (nSPS) is 12.9. The van der Waals surface area contributed by atoms with Crippen LogP contribution in [-0.2, 0) is 4.74 Å². The Labute approximate surface area is 131 Å². The van der Waals surface area contributed by atoms with Crippen LogP contribution in [0.3, 0.4) is 0 Å². The van der Waals surface area contributed by atoms with Crippen molar-refractivity contribution in [1.29, 1.82) is 0 Å². The summed E-state index contributed by atoms with van der Waals surface area (Å²) < 4.78 is 5.38. The van der Waals surface area contributed by atoms with E-state index in [9.17, 15) is 9.90 Å². The average molecular weight is 298 g/mol. The minimum absolute atomic E-state index is 0.160. The van der Waals surface area contributed by atoms with Crippen LogP contribution in [0.25, 0.3) is 10.8 Å². The van der Waals surface area contributed by atoms with Gasteiger partial charge in [0.05, 0.1) is 18.3 Å². The number of carbonyl (C=O) groups is 1. The lowest BCUT2D eigenvalue weighted by Gasteiger charge is -2.29. The third kappa shape index (κ3) is 3.74. The van der Waals surface area contributed by atoms with Gasteiger partial charge >= 0.3 is 5.97 Å². The number of esters is 1. The largest absolute Gasteiger partial charge is 0.461 e. The lowest BCUT2D eigenvalue weighted by atomic mass is 9.86. The topological polar surface area (TPSA) is 46.5 Å². The number of hydrogen-bond acceptors (Lipinski definition) is 3. The lowest BCUT2D eigenvalue weighted by Crippen LogP contribution is -2.34. The SMILES string of the molecule is C=CC[C@@H](O)C(C)(C)COC(=O)c1ccc2ccccc2c1. The van der Waals surface area contributed by atoms with Gasteiger partial charge in [-0.25, -0.2) is 4.79 Å². The van der Waals surface area contributed by atoms with Crippen molar-refractivity contribution in [2.45, 2.75) is 26.4 Å². The molecule has 3 nitrogen and oxygen atoms in total. The maximum atomic E-state index is 12.2. The molecule has 2 aromatic rings. The van der Waals surface area contributed by atoms with Crippen molar-refractivity contribution in [1.82, 2.24) is 0 Å². The van der Waals surface area contributed by atoms with Gasteiger partial charge in [-0.15, -0.1) is 6.58 Å². The van der Waals surface area contributed by atoms with Gasteiger partial charge in [-0.1, -0.05) is 50.3 Å². The molecule has 22 heavy (non-hydrogen) atoms. The highest BCUT2D eigenvalue weighted by molar-refractivity contribution is 5.95. The van der Waals surface area contributed by atoms with E-state index in [1.807, 2.05) is 50.2 Å². The minimum Gasteiger partial charge on any atom is -0.461 e. The van der Waals surface area contributed by atoms with E-state index in [0.717, 1.165) is 10.8 Å². The second kappa shape index (κ2) is 6.75. The molecule has 0 aliphatic heterocycles. The molecular weight excluding hydrogens is 276 g/mol. The molecule has 0 aromatic heterocycles. The second-order valence-electron chi connectivity index (χ2n) is 6.17. The molecule has 0 bridgehead atoms. The highest BCUT2D eigenvalue weighted by atomic mass is 16.5. The van der Waals surface area contributed by atoms with Crippen molar-refractivity contribution < 1.29 is 14.6 Å². The third-order valence-electron chi connectivity index (χ3n) is 3.85. The van der Waals surface area contributed by atoms with E-state index in [0.29, 0.717) is 12.0 Å². The van der Waals surface area contributed by atoms with E-state index in [4.69, 9.17) is 4.74 Å². The summed E-state index contributed by atoms with van der Waals surface area (Å²) in [5.74, 6) is -0.371. The molecule has 0 aliphatic carbocycles. The van der Waals surface area contributed by atoms with E-state index in [2.05, 4.69) is 6.58 Å². The summed E-state index contributed by atoms with van der Waals surface area (Å²) in [6, 6.07) is 13.4. The maximum absolute atomic E-state index is 12.2. The predicted octanol–water partition coefficient (Wildman–Crippen LogP) is 3.96. The Morgan fingerprint density at radius 2 is 1.95 bits per heavy atom. The zero-order valence-electron chi connectivity index (χ0n) is 13.1. The second-order valence-corrected chi connectivity index (χ2v) is 6.17.